The van der Waals surface area contributed by atoms with Crippen LogP contribution in [0.5, 0.6) is 0 Å². The lowest BCUT2D eigenvalue weighted by atomic mass is 9.99. The van der Waals surface area contributed by atoms with Crippen LogP contribution in [-0.2, 0) is 9.84 Å². The number of sulfone groups is 1. The summed E-state index contributed by atoms with van der Waals surface area (Å²) in [6, 6.07) is 18.4. The molecule has 5 rings (SSSR count). The lowest BCUT2D eigenvalue weighted by Gasteiger charge is -2.30. The van der Waals surface area contributed by atoms with Crippen molar-refractivity contribution < 1.29 is 17.2 Å². The molecule has 1 fully saturated rings. The maximum atomic E-state index is 13.5. The van der Waals surface area contributed by atoms with E-state index in [-0.39, 0.29) is 21.7 Å². The van der Waals surface area contributed by atoms with E-state index in [4.69, 9.17) is 4.42 Å². The summed E-state index contributed by atoms with van der Waals surface area (Å²) in [5, 5.41) is 1.82. The zero-order valence-corrected chi connectivity index (χ0v) is 18.5. The molecule has 2 heterocycles. The standard InChI is InChI=1S/C25H23FN2O3S/c1-17-13-15-28(16-14-17)25-24(32(29,30)20-11-9-19(26)10-12-20)27-23(31-25)22-8-4-6-18-5-2-3-7-21(18)22/h2-12,17H,13-16H2,1H3. The van der Waals surface area contributed by atoms with Gasteiger partial charge in [-0.3, -0.25) is 0 Å². The maximum absolute atomic E-state index is 13.5. The van der Waals surface area contributed by atoms with Gasteiger partial charge in [-0.1, -0.05) is 43.3 Å². The number of piperidine rings is 1. The second-order valence-corrected chi connectivity index (χ2v) is 10.1. The zero-order chi connectivity index (χ0) is 22.3. The van der Waals surface area contributed by atoms with Gasteiger partial charge in [0.05, 0.1) is 4.90 Å². The number of benzene rings is 3. The van der Waals surface area contributed by atoms with E-state index in [1.165, 1.54) is 12.1 Å². The summed E-state index contributed by atoms with van der Waals surface area (Å²) >= 11 is 0. The largest absolute Gasteiger partial charge is 0.419 e. The summed E-state index contributed by atoms with van der Waals surface area (Å²) in [5.74, 6) is 0.593. The van der Waals surface area contributed by atoms with Crippen molar-refractivity contribution >= 4 is 26.5 Å². The minimum Gasteiger partial charge on any atom is -0.419 e. The molecule has 5 nitrogen and oxygen atoms in total. The van der Waals surface area contributed by atoms with Gasteiger partial charge in [0.1, 0.15) is 5.82 Å². The molecule has 0 radical (unpaired) electrons. The van der Waals surface area contributed by atoms with Crippen molar-refractivity contribution in [2.75, 3.05) is 18.0 Å². The number of nitrogens with zero attached hydrogens (tertiary/aromatic N) is 2. The summed E-state index contributed by atoms with van der Waals surface area (Å²) in [6.07, 6.45) is 1.89. The summed E-state index contributed by atoms with van der Waals surface area (Å²) < 4.78 is 46.6. The van der Waals surface area contributed by atoms with Crippen LogP contribution in [0.1, 0.15) is 19.8 Å². The van der Waals surface area contributed by atoms with Gasteiger partial charge in [0.2, 0.25) is 26.6 Å². The molecular formula is C25H23FN2O3S. The highest BCUT2D eigenvalue weighted by Gasteiger charge is 2.33. The smallest absolute Gasteiger partial charge is 0.236 e. The molecule has 1 aromatic heterocycles. The van der Waals surface area contributed by atoms with E-state index in [2.05, 4.69) is 11.9 Å². The predicted molar refractivity (Wildman–Crippen MR) is 122 cm³/mol. The van der Waals surface area contributed by atoms with Crippen molar-refractivity contribution in [1.82, 2.24) is 4.98 Å². The lowest BCUT2D eigenvalue weighted by Crippen LogP contribution is -2.33. The summed E-state index contributed by atoms with van der Waals surface area (Å²) in [4.78, 5) is 6.45. The number of hydrogen-bond donors (Lipinski definition) is 0. The molecule has 0 bridgehead atoms. The van der Waals surface area contributed by atoms with E-state index in [9.17, 15) is 12.8 Å². The van der Waals surface area contributed by atoms with Gasteiger partial charge in [0, 0.05) is 18.7 Å². The minimum absolute atomic E-state index is 0.0108. The van der Waals surface area contributed by atoms with Crippen LogP contribution in [-0.4, -0.2) is 26.5 Å². The van der Waals surface area contributed by atoms with Gasteiger partial charge in [-0.15, -0.1) is 0 Å². The molecule has 0 amide bonds. The van der Waals surface area contributed by atoms with E-state index < -0.39 is 15.7 Å². The quantitative estimate of drug-likeness (QED) is 0.373. The molecule has 0 aliphatic carbocycles. The van der Waals surface area contributed by atoms with Gasteiger partial charge in [0.25, 0.3) is 0 Å². The van der Waals surface area contributed by atoms with Gasteiger partial charge in [-0.2, -0.15) is 4.98 Å². The molecule has 1 aliphatic heterocycles. The van der Waals surface area contributed by atoms with Gasteiger partial charge >= 0.3 is 0 Å². The van der Waals surface area contributed by atoms with E-state index in [1.807, 2.05) is 47.4 Å². The van der Waals surface area contributed by atoms with Crippen LogP contribution in [0, 0.1) is 11.7 Å². The van der Waals surface area contributed by atoms with Crippen LogP contribution in [0.4, 0.5) is 10.3 Å². The molecule has 0 spiro atoms. The van der Waals surface area contributed by atoms with Crippen molar-refractivity contribution in [2.45, 2.75) is 29.7 Å². The van der Waals surface area contributed by atoms with Crippen LogP contribution in [0.15, 0.2) is 81.1 Å². The van der Waals surface area contributed by atoms with E-state index in [0.717, 1.165) is 41.3 Å². The average Bonchev–Trinajstić information content (AvgIpc) is 3.26. The Hall–Kier alpha value is -3.19. The van der Waals surface area contributed by atoms with E-state index >= 15 is 0 Å². The van der Waals surface area contributed by atoms with Gasteiger partial charge in [0.15, 0.2) is 0 Å². The lowest BCUT2D eigenvalue weighted by molar-refractivity contribution is 0.416. The Balaban J connectivity index is 1.68. The Morgan fingerprint density at radius 3 is 2.41 bits per heavy atom. The number of aromatic nitrogens is 1. The van der Waals surface area contributed by atoms with Crippen molar-refractivity contribution in [1.29, 1.82) is 0 Å². The number of halogens is 1. The zero-order valence-electron chi connectivity index (χ0n) is 17.7. The third kappa shape index (κ3) is 3.66. The summed E-state index contributed by atoms with van der Waals surface area (Å²) in [5.41, 5.74) is 0.732. The van der Waals surface area contributed by atoms with Crippen molar-refractivity contribution in [3.63, 3.8) is 0 Å². The molecule has 164 valence electrons. The van der Waals surface area contributed by atoms with Crippen LogP contribution in [0.3, 0.4) is 0 Å². The Morgan fingerprint density at radius 1 is 0.969 bits per heavy atom. The Morgan fingerprint density at radius 2 is 1.66 bits per heavy atom. The molecule has 0 unspecified atom stereocenters. The van der Waals surface area contributed by atoms with Crippen LogP contribution in [0.2, 0.25) is 0 Å². The third-order valence-electron chi connectivity index (χ3n) is 6.05. The summed E-state index contributed by atoms with van der Waals surface area (Å²) in [7, 11) is -4.00. The molecule has 4 aromatic rings. The Bertz CT molecular complexity index is 1370. The van der Waals surface area contributed by atoms with Crippen molar-refractivity contribution in [3.8, 4) is 11.5 Å². The predicted octanol–water partition coefficient (Wildman–Crippen LogP) is 5.70. The second-order valence-electron chi connectivity index (χ2n) is 8.28. The fraction of sp³-hybridized carbons (Fsp3) is 0.240. The topological polar surface area (TPSA) is 63.4 Å². The third-order valence-corrected chi connectivity index (χ3v) is 7.72. The van der Waals surface area contributed by atoms with Crippen LogP contribution < -0.4 is 4.90 Å². The fourth-order valence-electron chi connectivity index (χ4n) is 4.14. The molecule has 0 atom stereocenters. The first-order chi connectivity index (χ1) is 15.4. The molecule has 7 heteroatoms. The molecule has 1 aliphatic rings. The van der Waals surface area contributed by atoms with E-state index in [1.54, 1.807) is 0 Å². The molecule has 0 N–H and O–H groups in total. The Kier molecular flexibility index (Phi) is 5.21. The Labute approximate surface area is 186 Å². The van der Waals surface area contributed by atoms with E-state index in [0.29, 0.717) is 19.0 Å². The number of oxazole rings is 1. The molecular weight excluding hydrogens is 427 g/mol. The van der Waals surface area contributed by atoms with Crippen molar-refractivity contribution in [2.24, 2.45) is 5.92 Å². The number of rotatable bonds is 4. The van der Waals surface area contributed by atoms with Gasteiger partial charge in [-0.25, -0.2) is 12.8 Å². The first-order valence-electron chi connectivity index (χ1n) is 10.7. The minimum atomic E-state index is -4.00. The molecule has 32 heavy (non-hydrogen) atoms. The number of anilines is 1. The normalized spacial score (nSPS) is 15.4. The highest BCUT2D eigenvalue weighted by molar-refractivity contribution is 7.91. The number of fused-ring (bicyclic) bond motifs is 1. The fourth-order valence-corrected chi connectivity index (χ4v) is 5.46. The van der Waals surface area contributed by atoms with Gasteiger partial charge < -0.3 is 9.32 Å². The molecule has 3 aromatic carbocycles. The average molecular weight is 451 g/mol. The summed E-state index contributed by atoms with van der Waals surface area (Å²) in [6.45, 7) is 3.57. The molecule has 0 saturated carbocycles. The molecule has 1 saturated heterocycles. The highest BCUT2D eigenvalue weighted by Crippen LogP contribution is 2.38. The van der Waals surface area contributed by atoms with Gasteiger partial charge in [-0.05, 0) is 59.9 Å². The monoisotopic (exact) mass is 450 g/mol. The first kappa shape index (κ1) is 20.7. The van der Waals surface area contributed by atoms with Crippen LogP contribution in [0.25, 0.3) is 22.2 Å². The first-order valence-corrected chi connectivity index (χ1v) is 12.2. The SMILES string of the molecule is CC1CCN(c2oc(-c3cccc4ccccc34)nc2S(=O)(=O)c2ccc(F)cc2)CC1. The second kappa shape index (κ2) is 8.06. The van der Waals surface area contributed by atoms with Crippen molar-refractivity contribution in [3.05, 3.63) is 72.5 Å². The number of hydrogen-bond acceptors (Lipinski definition) is 5. The highest BCUT2D eigenvalue weighted by atomic mass is 32.2. The maximum Gasteiger partial charge on any atom is 0.236 e. The van der Waals surface area contributed by atoms with Crippen LogP contribution >= 0.6 is 0 Å².